The third kappa shape index (κ3) is 4.73. The molecule has 1 aromatic carbocycles. The standard InChI is InChI=1S/C20H28ClFN2O/c1-14-9-15(2)12-24(11-14)20(25)16-5-7-23(8-6-16)13-17-3-4-18(22)10-19(17)21/h3-4,10,14-16H,5-9,11-13H2,1-2H3. The number of halogens is 2. The zero-order valence-corrected chi connectivity index (χ0v) is 15.9. The Labute approximate surface area is 155 Å². The molecule has 0 aliphatic carbocycles. The van der Waals surface area contributed by atoms with Crippen LogP contribution in [0.1, 0.15) is 38.7 Å². The van der Waals surface area contributed by atoms with E-state index in [2.05, 4.69) is 23.6 Å². The van der Waals surface area contributed by atoms with Gasteiger partial charge >= 0.3 is 0 Å². The van der Waals surface area contributed by atoms with E-state index in [0.717, 1.165) is 51.1 Å². The maximum absolute atomic E-state index is 13.2. The third-order valence-corrected chi connectivity index (χ3v) is 5.88. The SMILES string of the molecule is CC1CC(C)CN(C(=O)C2CCN(Cc3ccc(F)cc3Cl)CC2)C1. The van der Waals surface area contributed by atoms with Gasteiger partial charge < -0.3 is 4.90 Å². The van der Waals surface area contributed by atoms with Crippen LogP contribution in [-0.2, 0) is 11.3 Å². The molecule has 0 N–H and O–H groups in total. The highest BCUT2D eigenvalue weighted by molar-refractivity contribution is 6.31. The number of likely N-dealkylation sites (tertiary alicyclic amines) is 2. The molecule has 0 bridgehead atoms. The predicted octanol–water partition coefficient (Wildman–Crippen LogP) is 4.20. The molecule has 0 saturated carbocycles. The highest BCUT2D eigenvalue weighted by atomic mass is 35.5. The lowest BCUT2D eigenvalue weighted by Crippen LogP contribution is -2.47. The average molecular weight is 367 g/mol. The summed E-state index contributed by atoms with van der Waals surface area (Å²) in [4.78, 5) is 17.2. The minimum Gasteiger partial charge on any atom is -0.342 e. The fourth-order valence-electron chi connectivity index (χ4n) is 4.33. The number of amides is 1. The van der Waals surface area contributed by atoms with Crippen molar-refractivity contribution in [1.29, 1.82) is 0 Å². The molecule has 1 aromatic rings. The minimum atomic E-state index is -0.303. The number of hydrogen-bond donors (Lipinski definition) is 0. The van der Waals surface area contributed by atoms with Gasteiger partial charge in [-0.3, -0.25) is 9.69 Å². The van der Waals surface area contributed by atoms with E-state index < -0.39 is 0 Å². The first-order chi connectivity index (χ1) is 11.9. The Balaban J connectivity index is 1.52. The molecule has 25 heavy (non-hydrogen) atoms. The molecule has 2 saturated heterocycles. The Morgan fingerprint density at radius 2 is 1.84 bits per heavy atom. The lowest BCUT2D eigenvalue weighted by molar-refractivity contribution is -0.139. The molecular weight excluding hydrogens is 339 g/mol. The van der Waals surface area contributed by atoms with Gasteiger partial charge in [-0.2, -0.15) is 0 Å². The quantitative estimate of drug-likeness (QED) is 0.800. The smallest absolute Gasteiger partial charge is 0.225 e. The Kier molecular flexibility index (Phi) is 6.00. The summed E-state index contributed by atoms with van der Waals surface area (Å²) in [6.45, 7) is 8.81. The van der Waals surface area contributed by atoms with Gasteiger partial charge in [0.15, 0.2) is 0 Å². The molecule has 0 radical (unpaired) electrons. The van der Waals surface area contributed by atoms with Gasteiger partial charge in [0.1, 0.15) is 5.82 Å². The first kappa shape index (κ1) is 18.7. The molecule has 1 amide bonds. The second-order valence-electron chi connectivity index (χ2n) is 7.98. The molecule has 0 spiro atoms. The van der Waals surface area contributed by atoms with Crippen LogP contribution in [0.25, 0.3) is 0 Å². The highest BCUT2D eigenvalue weighted by Crippen LogP contribution is 2.27. The van der Waals surface area contributed by atoms with Crippen molar-refractivity contribution in [2.24, 2.45) is 17.8 Å². The van der Waals surface area contributed by atoms with Crippen LogP contribution in [0, 0.1) is 23.6 Å². The van der Waals surface area contributed by atoms with Crippen LogP contribution in [-0.4, -0.2) is 41.9 Å². The van der Waals surface area contributed by atoms with Crippen molar-refractivity contribution in [2.75, 3.05) is 26.2 Å². The summed E-state index contributed by atoms with van der Waals surface area (Å²) in [6.07, 6.45) is 3.02. The topological polar surface area (TPSA) is 23.6 Å². The van der Waals surface area contributed by atoms with Crippen LogP contribution in [0.5, 0.6) is 0 Å². The molecule has 2 atom stereocenters. The maximum Gasteiger partial charge on any atom is 0.225 e. The van der Waals surface area contributed by atoms with Crippen molar-refractivity contribution in [2.45, 2.75) is 39.7 Å². The fourth-order valence-corrected chi connectivity index (χ4v) is 4.56. The molecular formula is C20H28ClFN2O. The predicted molar refractivity (Wildman–Crippen MR) is 98.9 cm³/mol. The van der Waals surface area contributed by atoms with Crippen molar-refractivity contribution < 1.29 is 9.18 Å². The second-order valence-corrected chi connectivity index (χ2v) is 8.38. The van der Waals surface area contributed by atoms with E-state index >= 15 is 0 Å². The molecule has 3 nitrogen and oxygen atoms in total. The molecule has 0 aromatic heterocycles. The summed E-state index contributed by atoms with van der Waals surface area (Å²) >= 11 is 6.13. The van der Waals surface area contributed by atoms with E-state index in [-0.39, 0.29) is 11.7 Å². The van der Waals surface area contributed by atoms with Crippen LogP contribution < -0.4 is 0 Å². The van der Waals surface area contributed by atoms with Gasteiger partial charge in [0.25, 0.3) is 0 Å². The van der Waals surface area contributed by atoms with Gasteiger partial charge in [-0.1, -0.05) is 31.5 Å². The van der Waals surface area contributed by atoms with Crippen molar-refractivity contribution in [1.82, 2.24) is 9.80 Å². The Hall–Kier alpha value is -1.13. The Morgan fingerprint density at radius 3 is 2.44 bits per heavy atom. The maximum atomic E-state index is 13.2. The monoisotopic (exact) mass is 366 g/mol. The van der Waals surface area contributed by atoms with Gasteiger partial charge in [-0.15, -0.1) is 0 Å². The van der Waals surface area contributed by atoms with E-state index in [1.165, 1.54) is 18.6 Å². The number of carbonyl (C=O) groups is 1. The number of piperidine rings is 2. The lowest BCUT2D eigenvalue weighted by Gasteiger charge is -2.39. The van der Waals surface area contributed by atoms with Crippen LogP contribution in [0.2, 0.25) is 5.02 Å². The van der Waals surface area contributed by atoms with Crippen molar-refractivity contribution in [3.05, 3.63) is 34.6 Å². The van der Waals surface area contributed by atoms with Crippen LogP contribution in [0.15, 0.2) is 18.2 Å². The highest BCUT2D eigenvalue weighted by Gasteiger charge is 2.32. The first-order valence-corrected chi connectivity index (χ1v) is 9.75. The molecule has 2 aliphatic rings. The van der Waals surface area contributed by atoms with E-state index in [9.17, 15) is 9.18 Å². The summed E-state index contributed by atoms with van der Waals surface area (Å²) in [5.74, 6) is 1.40. The van der Waals surface area contributed by atoms with Crippen LogP contribution >= 0.6 is 11.6 Å². The van der Waals surface area contributed by atoms with Gasteiger partial charge in [-0.25, -0.2) is 4.39 Å². The largest absolute Gasteiger partial charge is 0.342 e. The number of carbonyl (C=O) groups excluding carboxylic acids is 1. The zero-order chi connectivity index (χ0) is 18.0. The molecule has 2 unspecified atom stereocenters. The summed E-state index contributed by atoms with van der Waals surface area (Å²) in [7, 11) is 0. The van der Waals surface area contributed by atoms with Gasteiger partial charge in [0.05, 0.1) is 0 Å². The molecule has 3 rings (SSSR count). The zero-order valence-electron chi connectivity index (χ0n) is 15.2. The van der Waals surface area contributed by atoms with Crippen LogP contribution in [0.4, 0.5) is 4.39 Å². The Morgan fingerprint density at radius 1 is 1.20 bits per heavy atom. The fraction of sp³-hybridized carbons (Fsp3) is 0.650. The average Bonchev–Trinajstić information content (AvgIpc) is 2.56. The molecule has 5 heteroatoms. The normalized spacial score (nSPS) is 26.0. The minimum absolute atomic E-state index is 0.150. The number of nitrogens with zero attached hydrogens (tertiary/aromatic N) is 2. The first-order valence-electron chi connectivity index (χ1n) is 9.37. The summed E-state index contributed by atoms with van der Waals surface area (Å²) in [5, 5.41) is 0.481. The van der Waals surface area contributed by atoms with Crippen LogP contribution in [0.3, 0.4) is 0 Å². The molecule has 138 valence electrons. The van der Waals surface area contributed by atoms with E-state index in [4.69, 9.17) is 11.6 Å². The third-order valence-electron chi connectivity index (χ3n) is 5.53. The molecule has 2 aliphatic heterocycles. The molecule has 2 heterocycles. The van der Waals surface area contributed by atoms with Gasteiger partial charge in [-0.05, 0) is 61.9 Å². The summed E-state index contributed by atoms with van der Waals surface area (Å²) in [5.41, 5.74) is 0.950. The second kappa shape index (κ2) is 8.05. The summed E-state index contributed by atoms with van der Waals surface area (Å²) < 4.78 is 13.2. The van der Waals surface area contributed by atoms with Crippen molar-refractivity contribution >= 4 is 17.5 Å². The van der Waals surface area contributed by atoms with E-state index in [1.807, 2.05) is 0 Å². The summed E-state index contributed by atoms with van der Waals surface area (Å²) in [6, 6.07) is 4.58. The number of benzene rings is 1. The van der Waals surface area contributed by atoms with Crippen molar-refractivity contribution in [3.8, 4) is 0 Å². The van der Waals surface area contributed by atoms with Gasteiger partial charge in [0, 0.05) is 30.6 Å². The Bertz CT molecular complexity index is 606. The number of rotatable bonds is 3. The van der Waals surface area contributed by atoms with Gasteiger partial charge in [0.2, 0.25) is 5.91 Å². The molecule has 2 fully saturated rings. The number of hydrogen-bond acceptors (Lipinski definition) is 2. The lowest BCUT2D eigenvalue weighted by atomic mass is 9.89. The van der Waals surface area contributed by atoms with E-state index in [1.54, 1.807) is 6.07 Å². The van der Waals surface area contributed by atoms with E-state index in [0.29, 0.717) is 22.8 Å². The van der Waals surface area contributed by atoms with Crippen molar-refractivity contribution in [3.63, 3.8) is 0 Å².